The van der Waals surface area contributed by atoms with Crippen molar-refractivity contribution in [2.24, 2.45) is 7.05 Å². The predicted molar refractivity (Wildman–Crippen MR) is 184 cm³/mol. The van der Waals surface area contributed by atoms with Crippen LogP contribution in [0.1, 0.15) is 42.1 Å². The van der Waals surface area contributed by atoms with E-state index >= 15 is 0 Å². The number of aromatic nitrogens is 6. The molecule has 0 aliphatic heterocycles. The number of hydrogen-bond donors (Lipinski definition) is 0. The van der Waals surface area contributed by atoms with E-state index in [2.05, 4.69) is 27.4 Å². The number of thioether (sulfide) groups is 1. The molecule has 0 unspecified atom stereocenters. The molecule has 0 bridgehead atoms. The average molecular weight is 630 g/mol. The molecule has 0 saturated carbocycles. The Morgan fingerprint density at radius 3 is 2.37 bits per heavy atom. The number of nitrogens with zero attached hydrogens (tertiary/aromatic N) is 7. The topological polar surface area (TPSA) is 98.8 Å². The van der Waals surface area contributed by atoms with Crippen LogP contribution in [-0.2, 0) is 13.6 Å². The van der Waals surface area contributed by atoms with Gasteiger partial charge in [0.25, 0.3) is 11.5 Å². The van der Waals surface area contributed by atoms with Crippen molar-refractivity contribution in [1.82, 2.24) is 29.8 Å². The van der Waals surface area contributed by atoms with Crippen LogP contribution in [0.3, 0.4) is 0 Å². The number of tetrazole rings is 1. The van der Waals surface area contributed by atoms with Crippen LogP contribution in [0, 0.1) is 0 Å². The molecule has 0 aliphatic rings. The fraction of sp³-hybridized carbons (Fsp3) is 0.222. The molecule has 0 fully saturated rings. The SMILES string of the molecule is CCCCCN(C(=O)c1ccc(SC)cc1)c1ccc2ncn(Cc3ccc(-c4ccccc4-c4nnnn4C)cc3)c(=O)c2c1. The minimum atomic E-state index is -0.152. The van der Waals surface area contributed by atoms with Gasteiger partial charge in [-0.2, -0.15) is 0 Å². The third-order valence-electron chi connectivity index (χ3n) is 8.09. The number of carbonyl (C=O) groups is 1. The van der Waals surface area contributed by atoms with Crippen molar-refractivity contribution in [3.8, 4) is 22.5 Å². The maximum Gasteiger partial charge on any atom is 0.261 e. The molecule has 0 radical (unpaired) electrons. The van der Waals surface area contributed by atoms with E-state index in [0.29, 0.717) is 41.1 Å². The molecule has 1 amide bonds. The first-order chi connectivity index (χ1) is 22.5. The Labute approximate surface area is 271 Å². The summed E-state index contributed by atoms with van der Waals surface area (Å²) in [5, 5.41) is 12.4. The summed E-state index contributed by atoms with van der Waals surface area (Å²) in [5.41, 5.74) is 5.70. The summed E-state index contributed by atoms with van der Waals surface area (Å²) in [6.45, 7) is 3.07. The molecule has 4 aromatic carbocycles. The molecule has 6 rings (SSSR count). The smallest absolute Gasteiger partial charge is 0.261 e. The molecule has 2 aromatic heterocycles. The third-order valence-corrected chi connectivity index (χ3v) is 8.84. The Morgan fingerprint density at radius 1 is 0.913 bits per heavy atom. The van der Waals surface area contributed by atoms with E-state index in [1.165, 1.54) is 0 Å². The number of rotatable bonds is 11. The number of hydrogen-bond acceptors (Lipinski definition) is 7. The summed E-state index contributed by atoms with van der Waals surface area (Å²) < 4.78 is 3.27. The fourth-order valence-corrected chi connectivity index (χ4v) is 5.97. The molecule has 2 heterocycles. The second kappa shape index (κ2) is 13.9. The third kappa shape index (κ3) is 6.48. The monoisotopic (exact) mass is 629 g/mol. The van der Waals surface area contributed by atoms with Gasteiger partial charge >= 0.3 is 0 Å². The molecule has 0 saturated heterocycles. The molecule has 9 nitrogen and oxygen atoms in total. The van der Waals surface area contributed by atoms with E-state index in [-0.39, 0.29) is 11.5 Å². The Morgan fingerprint density at radius 2 is 1.67 bits per heavy atom. The van der Waals surface area contributed by atoms with Gasteiger partial charge in [-0.3, -0.25) is 14.2 Å². The minimum Gasteiger partial charge on any atom is -0.308 e. The minimum absolute atomic E-state index is 0.0792. The van der Waals surface area contributed by atoms with Crippen molar-refractivity contribution in [2.75, 3.05) is 17.7 Å². The van der Waals surface area contributed by atoms with Gasteiger partial charge in [0.2, 0.25) is 0 Å². The molecule has 0 aliphatic carbocycles. The predicted octanol–water partition coefficient (Wildman–Crippen LogP) is 6.86. The van der Waals surface area contributed by atoms with E-state index in [1.807, 2.05) is 104 Å². The first kappa shape index (κ1) is 30.9. The van der Waals surface area contributed by atoms with Crippen LogP contribution in [0.5, 0.6) is 0 Å². The maximum absolute atomic E-state index is 13.8. The quantitative estimate of drug-likeness (QED) is 0.114. The zero-order valence-electron chi connectivity index (χ0n) is 26.1. The fourth-order valence-electron chi connectivity index (χ4n) is 5.56. The Bertz CT molecular complexity index is 2040. The van der Waals surface area contributed by atoms with E-state index in [1.54, 1.807) is 32.2 Å². The summed E-state index contributed by atoms with van der Waals surface area (Å²) in [4.78, 5) is 35.0. The Balaban J connectivity index is 1.28. The molecule has 46 heavy (non-hydrogen) atoms. The van der Waals surface area contributed by atoms with Crippen molar-refractivity contribution >= 4 is 34.3 Å². The standard InChI is InChI=1S/C36H35N7O2S/c1-4-5-8-21-43(35(44)27-15-18-29(46-3)19-16-27)28-17-20-33-32(22-28)36(45)42(24-37-33)23-25-11-13-26(14-12-25)30-9-6-7-10-31(30)34-38-39-40-41(34)2/h6-7,9-20,22,24H,4-5,8,21,23H2,1-3H3. The second-order valence-corrected chi connectivity index (χ2v) is 12.0. The zero-order chi connectivity index (χ0) is 32.0. The van der Waals surface area contributed by atoms with E-state index in [0.717, 1.165) is 46.4 Å². The number of unbranched alkanes of at least 4 members (excludes halogenated alkanes) is 2. The number of aryl methyl sites for hydroxylation is 1. The second-order valence-electron chi connectivity index (χ2n) is 11.1. The lowest BCUT2D eigenvalue weighted by molar-refractivity contribution is 0.0986. The molecule has 6 aromatic rings. The Kier molecular flexibility index (Phi) is 9.35. The highest BCUT2D eigenvalue weighted by molar-refractivity contribution is 7.98. The number of anilines is 1. The molecule has 232 valence electrons. The number of benzene rings is 4. The van der Waals surface area contributed by atoms with E-state index in [4.69, 9.17) is 0 Å². The van der Waals surface area contributed by atoms with E-state index < -0.39 is 0 Å². The molecule has 0 atom stereocenters. The van der Waals surface area contributed by atoms with Gasteiger partial charge in [0.05, 0.1) is 23.8 Å². The van der Waals surface area contributed by atoms with Crippen molar-refractivity contribution < 1.29 is 4.79 Å². The lowest BCUT2D eigenvalue weighted by atomic mass is 9.98. The van der Waals surface area contributed by atoms with Gasteiger partial charge in [0, 0.05) is 35.3 Å². The molecule has 0 spiro atoms. The van der Waals surface area contributed by atoms with Gasteiger partial charge in [-0.05, 0) is 82.3 Å². The number of fused-ring (bicyclic) bond motifs is 1. The molecular formula is C36H35N7O2S. The largest absolute Gasteiger partial charge is 0.308 e. The molecule has 0 N–H and O–H groups in total. The van der Waals surface area contributed by atoms with Gasteiger partial charge in [-0.15, -0.1) is 16.9 Å². The first-order valence-electron chi connectivity index (χ1n) is 15.3. The van der Waals surface area contributed by atoms with Gasteiger partial charge in [0.15, 0.2) is 5.82 Å². The summed E-state index contributed by atoms with van der Waals surface area (Å²) in [6.07, 6.45) is 6.53. The lowest BCUT2D eigenvalue weighted by Gasteiger charge is -2.23. The zero-order valence-corrected chi connectivity index (χ0v) is 26.9. The summed E-state index contributed by atoms with van der Waals surface area (Å²) in [6, 6.07) is 29.3. The van der Waals surface area contributed by atoms with Crippen molar-refractivity contribution in [2.45, 2.75) is 37.6 Å². The highest BCUT2D eigenvalue weighted by atomic mass is 32.2. The highest BCUT2D eigenvalue weighted by Gasteiger charge is 2.19. The van der Waals surface area contributed by atoms with Crippen LogP contribution in [0.25, 0.3) is 33.4 Å². The average Bonchev–Trinajstić information content (AvgIpc) is 3.53. The van der Waals surface area contributed by atoms with Crippen molar-refractivity contribution in [3.63, 3.8) is 0 Å². The van der Waals surface area contributed by atoms with Crippen LogP contribution >= 0.6 is 11.8 Å². The normalized spacial score (nSPS) is 11.2. The van der Waals surface area contributed by atoms with Gasteiger partial charge in [-0.1, -0.05) is 68.3 Å². The number of carbonyl (C=O) groups excluding carboxylic acids is 1. The first-order valence-corrected chi connectivity index (χ1v) is 16.6. The van der Waals surface area contributed by atoms with Crippen molar-refractivity contribution in [3.05, 3.63) is 119 Å². The molecule has 10 heteroatoms. The lowest BCUT2D eigenvalue weighted by Crippen LogP contribution is -2.32. The van der Waals surface area contributed by atoms with Gasteiger partial charge in [0.1, 0.15) is 0 Å². The van der Waals surface area contributed by atoms with Gasteiger partial charge < -0.3 is 4.90 Å². The van der Waals surface area contributed by atoms with Crippen LogP contribution in [0.4, 0.5) is 5.69 Å². The van der Waals surface area contributed by atoms with Crippen LogP contribution in [-0.4, -0.2) is 48.5 Å². The summed E-state index contributed by atoms with van der Waals surface area (Å²) >= 11 is 1.64. The highest BCUT2D eigenvalue weighted by Crippen LogP contribution is 2.30. The summed E-state index contributed by atoms with van der Waals surface area (Å²) in [5.74, 6) is 0.608. The van der Waals surface area contributed by atoms with Crippen molar-refractivity contribution in [1.29, 1.82) is 0 Å². The van der Waals surface area contributed by atoms with Crippen LogP contribution in [0.15, 0.2) is 107 Å². The maximum atomic E-state index is 13.8. The van der Waals surface area contributed by atoms with Crippen LogP contribution < -0.4 is 10.5 Å². The van der Waals surface area contributed by atoms with E-state index in [9.17, 15) is 9.59 Å². The van der Waals surface area contributed by atoms with Crippen LogP contribution in [0.2, 0.25) is 0 Å². The number of amides is 1. The summed E-state index contributed by atoms with van der Waals surface area (Å²) in [7, 11) is 1.82. The molecular weight excluding hydrogens is 595 g/mol. The van der Waals surface area contributed by atoms with Gasteiger partial charge in [-0.25, -0.2) is 9.67 Å². The Hall–Kier alpha value is -5.09.